The molecular weight excluding hydrogens is 390 g/mol. The number of ether oxygens (including phenoxy) is 1. The van der Waals surface area contributed by atoms with E-state index in [0.29, 0.717) is 33.1 Å². The van der Waals surface area contributed by atoms with Crippen molar-refractivity contribution in [1.29, 1.82) is 0 Å². The van der Waals surface area contributed by atoms with Crippen LogP contribution in [0.25, 0.3) is 0 Å². The smallest absolute Gasteiger partial charge is 0.311 e. The third-order valence-electron chi connectivity index (χ3n) is 2.71. The van der Waals surface area contributed by atoms with Crippen molar-refractivity contribution in [2.75, 3.05) is 6.54 Å². The fraction of sp³-hybridized carbons (Fsp3) is 0.200. The summed E-state index contributed by atoms with van der Waals surface area (Å²) in [5, 5.41) is 5.16. The Morgan fingerprint density at radius 3 is 2.82 bits per heavy atom. The maximum absolute atomic E-state index is 11.7. The van der Waals surface area contributed by atoms with Gasteiger partial charge in [0.15, 0.2) is 0 Å². The molecule has 0 unspecified atom stereocenters. The molecule has 0 saturated heterocycles. The summed E-state index contributed by atoms with van der Waals surface area (Å²) in [5.41, 5.74) is 0. The number of rotatable bonds is 6. The van der Waals surface area contributed by atoms with E-state index in [4.69, 9.17) is 16.3 Å². The lowest BCUT2D eigenvalue weighted by Gasteiger charge is -2.07. The fourth-order valence-corrected chi connectivity index (χ4v) is 3.06. The van der Waals surface area contributed by atoms with Gasteiger partial charge in [0, 0.05) is 18.0 Å². The van der Waals surface area contributed by atoms with E-state index in [2.05, 4.69) is 21.2 Å². The Hall–Kier alpha value is -1.37. The van der Waals surface area contributed by atoms with Crippen LogP contribution < -0.4 is 10.1 Å². The van der Waals surface area contributed by atoms with Crippen molar-refractivity contribution in [1.82, 2.24) is 5.32 Å². The minimum atomic E-state index is -0.353. The maximum Gasteiger partial charge on any atom is 0.311 e. The summed E-state index contributed by atoms with van der Waals surface area (Å²) in [6, 6.07) is 8.51. The zero-order valence-electron chi connectivity index (χ0n) is 11.5. The van der Waals surface area contributed by atoms with E-state index < -0.39 is 0 Å². The Bertz CT molecular complexity index is 661. The van der Waals surface area contributed by atoms with Gasteiger partial charge in [0.1, 0.15) is 5.75 Å². The van der Waals surface area contributed by atoms with Gasteiger partial charge >= 0.3 is 5.97 Å². The summed E-state index contributed by atoms with van der Waals surface area (Å²) in [6.07, 6.45) is 0.737. The second kappa shape index (κ2) is 8.31. The van der Waals surface area contributed by atoms with E-state index in [1.165, 1.54) is 11.3 Å². The van der Waals surface area contributed by atoms with Gasteiger partial charge in [-0.05, 0) is 52.0 Å². The first-order valence-electron chi connectivity index (χ1n) is 6.53. The van der Waals surface area contributed by atoms with Gasteiger partial charge in [-0.25, -0.2) is 0 Å². The molecule has 1 aromatic carbocycles. The number of hydrogen-bond acceptors (Lipinski definition) is 4. The highest BCUT2D eigenvalue weighted by Crippen LogP contribution is 2.28. The molecule has 1 heterocycles. The summed E-state index contributed by atoms with van der Waals surface area (Å²) < 4.78 is 5.85. The van der Waals surface area contributed by atoms with Crippen LogP contribution in [-0.2, 0) is 4.79 Å². The molecule has 7 heteroatoms. The maximum atomic E-state index is 11.7. The predicted octanol–water partition coefficient (Wildman–Crippen LogP) is 4.28. The molecule has 0 atom stereocenters. The molecule has 0 saturated carbocycles. The molecular formula is C15H13BrClNO3S. The minimum Gasteiger partial charge on any atom is -0.425 e. The van der Waals surface area contributed by atoms with E-state index in [1.807, 2.05) is 11.4 Å². The molecule has 0 spiro atoms. The molecule has 0 aliphatic heterocycles. The third-order valence-corrected chi connectivity index (χ3v) is 4.43. The molecule has 1 N–H and O–H groups in total. The molecule has 4 nitrogen and oxygen atoms in total. The number of halogens is 2. The first-order valence-corrected chi connectivity index (χ1v) is 8.59. The quantitative estimate of drug-likeness (QED) is 0.446. The van der Waals surface area contributed by atoms with Crippen molar-refractivity contribution in [2.24, 2.45) is 0 Å². The van der Waals surface area contributed by atoms with Crippen LogP contribution >= 0.6 is 38.9 Å². The van der Waals surface area contributed by atoms with E-state index in [9.17, 15) is 9.59 Å². The number of amides is 1. The van der Waals surface area contributed by atoms with Crippen LogP contribution in [-0.4, -0.2) is 18.4 Å². The van der Waals surface area contributed by atoms with Crippen LogP contribution in [0, 0.1) is 0 Å². The van der Waals surface area contributed by atoms with Gasteiger partial charge in [-0.1, -0.05) is 17.7 Å². The third kappa shape index (κ3) is 5.12. The summed E-state index contributed by atoms with van der Waals surface area (Å²) in [7, 11) is 0. The van der Waals surface area contributed by atoms with Crippen LogP contribution in [0.2, 0.25) is 5.02 Å². The Balaban J connectivity index is 1.71. The monoisotopic (exact) mass is 401 g/mol. The van der Waals surface area contributed by atoms with E-state index in [-0.39, 0.29) is 18.3 Å². The van der Waals surface area contributed by atoms with Gasteiger partial charge < -0.3 is 10.1 Å². The highest BCUT2D eigenvalue weighted by molar-refractivity contribution is 9.10. The lowest BCUT2D eigenvalue weighted by Crippen LogP contribution is -2.24. The van der Waals surface area contributed by atoms with Crippen LogP contribution in [0.15, 0.2) is 40.2 Å². The first-order chi connectivity index (χ1) is 10.6. The van der Waals surface area contributed by atoms with E-state index >= 15 is 0 Å². The largest absolute Gasteiger partial charge is 0.425 e. The lowest BCUT2D eigenvalue weighted by atomic mass is 10.3. The van der Waals surface area contributed by atoms with Gasteiger partial charge in [0.05, 0.1) is 9.35 Å². The molecule has 0 fully saturated rings. The van der Waals surface area contributed by atoms with Crippen LogP contribution in [0.3, 0.4) is 0 Å². The number of carbonyl (C=O) groups excluding carboxylic acids is 2. The molecule has 0 radical (unpaired) electrons. The van der Waals surface area contributed by atoms with Gasteiger partial charge in [-0.3, -0.25) is 9.59 Å². The van der Waals surface area contributed by atoms with Crippen molar-refractivity contribution in [3.05, 3.63) is 50.1 Å². The SMILES string of the molecule is O=C(CCCNC(=O)c1cccs1)Oc1ccc(Cl)cc1Br. The Morgan fingerprint density at radius 2 is 2.14 bits per heavy atom. The molecule has 2 aromatic rings. The van der Waals surface area contributed by atoms with Gasteiger partial charge in [0.2, 0.25) is 0 Å². The van der Waals surface area contributed by atoms with Crippen LogP contribution in [0.4, 0.5) is 0 Å². The Kier molecular flexibility index (Phi) is 6.42. The van der Waals surface area contributed by atoms with E-state index in [0.717, 1.165) is 0 Å². The van der Waals surface area contributed by atoms with Gasteiger partial charge in [0.25, 0.3) is 5.91 Å². The lowest BCUT2D eigenvalue weighted by molar-refractivity contribution is -0.134. The van der Waals surface area contributed by atoms with Crippen molar-refractivity contribution >= 4 is 50.7 Å². The molecule has 116 valence electrons. The average molecular weight is 403 g/mol. The number of hydrogen-bond donors (Lipinski definition) is 1. The van der Waals surface area contributed by atoms with Crippen molar-refractivity contribution in [3.8, 4) is 5.75 Å². The molecule has 0 aliphatic carbocycles. The highest BCUT2D eigenvalue weighted by Gasteiger charge is 2.09. The molecule has 1 amide bonds. The average Bonchev–Trinajstić information content (AvgIpc) is 3.01. The number of benzene rings is 1. The summed E-state index contributed by atoms with van der Waals surface area (Å²) in [6.45, 7) is 0.424. The summed E-state index contributed by atoms with van der Waals surface area (Å²) in [5.74, 6) is -0.0470. The summed E-state index contributed by atoms with van der Waals surface area (Å²) >= 11 is 10.5. The van der Waals surface area contributed by atoms with Crippen LogP contribution in [0.5, 0.6) is 5.75 Å². The summed E-state index contributed by atoms with van der Waals surface area (Å²) in [4.78, 5) is 24.1. The fourth-order valence-electron chi connectivity index (χ4n) is 1.66. The zero-order chi connectivity index (χ0) is 15.9. The topological polar surface area (TPSA) is 55.4 Å². The second-order valence-electron chi connectivity index (χ2n) is 4.39. The Labute approximate surface area is 145 Å². The highest BCUT2D eigenvalue weighted by atomic mass is 79.9. The van der Waals surface area contributed by atoms with Crippen molar-refractivity contribution < 1.29 is 14.3 Å². The molecule has 22 heavy (non-hydrogen) atoms. The predicted molar refractivity (Wildman–Crippen MR) is 90.7 cm³/mol. The van der Waals surface area contributed by atoms with Crippen molar-refractivity contribution in [2.45, 2.75) is 12.8 Å². The van der Waals surface area contributed by atoms with Gasteiger partial charge in [-0.15, -0.1) is 11.3 Å². The molecule has 0 aliphatic rings. The zero-order valence-corrected chi connectivity index (χ0v) is 14.6. The van der Waals surface area contributed by atoms with Crippen LogP contribution in [0.1, 0.15) is 22.5 Å². The second-order valence-corrected chi connectivity index (χ2v) is 6.62. The number of carbonyl (C=O) groups is 2. The van der Waals surface area contributed by atoms with Gasteiger partial charge in [-0.2, -0.15) is 0 Å². The number of esters is 1. The molecule has 1 aromatic heterocycles. The number of thiophene rings is 1. The standard InChI is InChI=1S/C15H13BrClNO3S/c16-11-9-10(17)5-6-12(11)21-14(19)4-1-7-18-15(20)13-3-2-8-22-13/h2-3,5-6,8-9H,1,4,7H2,(H,18,20). The molecule has 0 bridgehead atoms. The van der Waals surface area contributed by atoms with E-state index in [1.54, 1.807) is 24.3 Å². The Morgan fingerprint density at radius 1 is 1.32 bits per heavy atom. The minimum absolute atomic E-state index is 0.121. The van der Waals surface area contributed by atoms with Crippen molar-refractivity contribution in [3.63, 3.8) is 0 Å². The number of nitrogens with one attached hydrogen (secondary N) is 1. The first kappa shape index (κ1) is 17.0. The normalized spacial score (nSPS) is 10.3. The molecule has 2 rings (SSSR count).